The van der Waals surface area contributed by atoms with E-state index in [1.807, 2.05) is 0 Å². The van der Waals surface area contributed by atoms with Crippen LogP contribution in [0.15, 0.2) is 4.99 Å². The Morgan fingerprint density at radius 2 is 2.11 bits per heavy atom. The molecule has 1 aromatic heterocycles. The van der Waals surface area contributed by atoms with Gasteiger partial charge in [-0.25, -0.2) is 9.98 Å². The Balaban J connectivity index is 1.47. The normalized spacial score (nSPS) is 22.3. The van der Waals surface area contributed by atoms with Crippen LogP contribution in [-0.2, 0) is 16.0 Å². The van der Waals surface area contributed by atoms with E-state index in [1.165, 1.54) is 17.7 Å². The molecule has 7 heteroatoms. The van der Waals surface area contributed by atoms with Crippen LogP contribution in [0.5, 0.6) is 0 Å². The molecule has 1 unspecified atom stereocenters. The number of hydrogen-bond donors (Lipinski definition) is 1. The second-order valence-electron chi connectivity index (χ2n) is 7.42. The van der Waals surface area contributed by atoms with Gasteiger partial charge < -0.3 is 19.7 Å². The van der Waals surface area contributed by atoms with Gasteiger partial charge in [0.15, 0.2) is 5.96 Å². The number of guanidine groups is 1. The molecule has 1 atom stereocenters. The molecule has 0 aliphatic carbocycles. The molecule has 6 nitrogen and oxygen atoms in total. The van der Waals surface area contributed by atoms with Crippen LogP contribution in [0.1, 0.15) is 54.6 Å². The first-order valence-corrected chi connectivity index (χ1v) is 11.2. The highest BCUT2D eigenvalue weighted by Gasteiger charge is 2.23. The minimum Gasteiger partial charge on any atom is -0.376 e. The van der Waals surface area contributed by atoms with Crippen molar-refractivity contribution in [3.8, 4) is 0 Å². The molecule has 0 spiro atoms. The van der Waals surface area contributed by atoms with Gasteiger partial charge in [0.25, 0.3) is 0 Å². The summed E-state index contributed by atoms with van der Waals surface area (Å²) in [5.74, 6) is 1.01. The highest BCUT2D eigenvalue weighted by Crippen LogP contribution is 2.20. The Kier molecular flexibility index (Phi) is 7.91. The second kappa shape index (κ2) is 10.4. The number of aryl methyl sites for hydroxylation is 2. The molecule has 2 saturated heterocycles. The van der Waals surface area contributed by atoms with E-state index >= 15 is 0 Å². The van der Waals surface area contributed by atoms with Crippen molar-refractivity contribution in [2.24, 2.45) is 4.99 Å². The zero-order valence-corrected chi connectivity index (χ0v) is 17.8. The van der Waals surface area contributed by atoms with Gasteiger partial charge in [0.05, 0.1) is 36.1 Å². The van der Waals surface area contributed by atoms with Crippen molar-refractivity contribution in [1.82, 2.24) is 15.2 Å². The number of nitrogens with zero attached hydrogens (tertiary/aromatic N) is 3. The molecule has 3 heterocycles. The van der Waals surface area contributed by atoms with E-state index in [2.05, 4.69) is 36.0 Å². The molecule has 0 radical (unpaired) electrons. The number of rotatable bonds is 6. The molecule has 0 saturated carbocycles. The van der Waals surface area contributed by atoms with E-state index in [1.54, 1.807) is 11.3 Å². The first-order valence-electron chi connectivity index (χ1n) is 10.3. The third-order valence-electron chi connectivity index (χ3n) is 5.24. The highest BCUT2D eigenvalue weighted by atomic mass is 32.1. The van der Waals surface area contributed by atoms with Crippen LogP contribution in [0.25, 0.3) is 0 Å². The lowest BCUT2D eigenvalue weighted by molar-refractivity contribution is -0.0721. The largest absolute Gasteiger partial charge is 0.376 e. The molecule has 152 valence electrons. The van der Waals surface area contributed by atoms with Gasteiger partial charge in [-0.1, -0.05) is 0 Å². The fraction of sp³-hybridized carbons (Fsp3) is 0.800. The maximum atomic E-state index is 6.14. The molecule has 27 heavy (non-hydrogen) atoms. The Bertz CT molecular complexity index is 605. The molecule has 1 N–H and O–H groups in total. The molecule has 2 aliphatic heterocycles. The number of thiazole rings is 1. The molecule has 0 amide bonds. The monoisotopic (exact) mass is 394 g/mol. The molecule has 2 aliphatic rings. The summed E-state index contributed by atoms with van der Waals surface area (Å²) in [7, 11) is 0. The van der Waals surface area contributed by atoms with Crippen molar-refractivity contribution in [3.05, 3.63) is 15.6 Å². The molecule has 0 bridgehead atoms. The third-order valence-corrected chi connectivity index (χ3v) is 6.30. The Labute approximate surface area is 167 Å². The van der Waals surface area contributed by atoms with Crippen molar-refractivity contribution in [2.45, 2.75) is 71.6 Å². The molecule has 3 rings (SSSR count). The summed E-state index contributed by atoms with van der Waals surface area (Å²) in [6, 6.07) is 0. The number of hydrogen-bond acceptors (Lipinski definition) is 5. The topological polar surface area (TPSA) is 59.0 Å². The van der Waals surface area contributed by atoms with E-state index in [-0.39, 0.29) is 0 Å². The van der Waals surface area contributed by atoms with Gasteiger partial charge in [0.1, 0.15) is 0 Å². The quantitative estimate of drug-likeness (QED) is 0.593. The van der Waals surface area contributed by atoms with Gasteiger partial charge in [-0.05, 0) is 52.9 Å². The first-order chi connectivity index (χ1) is 13.2. The van der Waals surface area contributed by atoms with Crippen molar-refractivity contribution in [2.75, 3.05) is 32.8 Å². The summed E-state index contributed by atoms with van der Waals surface area (Å²) in [5, 5.41) is 4.56. The number of aliphatic imine (C=N–C) groups is 1. The summed E-state index contributed by atoms with van der Waals surface area (Å²) in [4.78, 5) is 13.0. The van der Waals surface area contributed by atoms with Crippen LogP contribution in [0.3, 0.4) is 0 Å². The van der Waals surface area contributed by atoms with E-state index in [4.69, 9.17) is 14.5 Å². The van der Waals surface area contributed by atoms with Gasteiger partial charge in [0, 0.05) is 31.1 Å². The van der Waals surface area contributed by atoms with Crippen LogP contribution in [-0.4, -0.2) is 60.9 Å². The fourth-order valence-corrected chi connectivity index (χ4v) is 4.57. The summed E-state index contributed by atoms with van der Waals surface area (Å²) in [6.45, 7) is 11.5. The van der Waals surface area contributed by atoms with Crippen molar-refractivity contribution < 1.29 is 9.47 Å². The maximum absolute atomic E-state index is 6.14. The van der Waals surface area contributed by atoms with Crippen LogP contribution < -0.4 is 5.32 Å². The molecular weight excluding hydrogens is 360 g/mol. The van der Waals surface area contributed by atoms with Crippen LogP contribution in [0.4, 0.5) is 0 Å². The van der Waals surface area contributed by atoms with Crippen molar-refractivity contribution >= 4 is 17.3 Å². The minimum atomic E-state index is 0.307. The zero-order chi connectivity index (χ0) is 19.1. The molecule has 2 fully saturated rings. The van der Waals surface area contributed by atoms with Gasteiger partial charge in [0.2, 0.25) is 0 Å². The van der Waals surface area contributed by atoms with Gasteiger partial charge in [-0.15, -0.1) is 11.3 Å². The van der Waals surface area contributed by atoms with Crippen molar-refractivity contribution in [3.63, 3.8) is 0 Å². The highest BCUT2D eigenvalue weighted by molar-refractivity contribution is 7.11. The lowest BCUT2D eigenvalue weighted by Gasteiger charge is -2.35. The summed E-state index contributed by atoms with van der Waals surface area (Å²) in [6.07, 6.45) is 6.37. The van der Waals surface area contributed by atoms with E-state index < -0.39 is 0 Å². The molecule has 0 aromatic carbocycles. The average Bonchev–Trinajstić information content (AvgIpc) is 3.02. The number of aromatic nitrogens is 1. The third kappa shape index (κ3) is 6.16. The zero-order valence-electron chi connectivity index (χ0n) is 17.0. The van der Waals surface area contributed by atoms with Crippen LogP contribution in [0.2, 0.25) is 0 Å². The van der Waals surface area contributed by atoms with Gasteiger partial charge >= 0.3 is 0 Å². The van der Waals surface area contributed by atoms with E-state index in [0.717, 1.165) is 68.8 Å². The summed E-state index contributed by atoms with van der Waals surface area (Å²) in [5.41, 5.74) is 1.11. The average molecular weight is 395 g/mol. The Morgan fingerprint density at radius 3 is 2.74 bits per heavy atom. The van der Waals surface area contributed by atoms with E-state index in [0.29, 0.717) is 18.8 Å². The number of likely N-dealkylation sites (tertiary alicyclic amines) is 1. The van der Waals surface area contributed by atoms with Crippen LogP contribution >= 0.6 is 11.3 Å². The predicted octanol–water partition coefficient (Wildman–Crippen LogP) is 3.28. The number of nitrogens with one attached hydrogen (secondary N) is 1. The number of piperidine rings is 1. The Hall–Kier alpha value is -1.18. The van der Waals surface area contributed by atoms with E-state index in [9.17, 15) is 0 Å². The predicted molar refractivity (Wildman–Crippen MR) is 111 cm³/mol. The Morgan fingerprint density at radius 1 is 1.30 bits per heavy atom. The molecule has 1 aromatic rings. The fourth-order valence-electron chi connectivity index (χ4n) is 3.71. The molecular formula is C20H34N4O2S. The number of ether oxygens (including phenoxy) is 2. The van der Waals surface area contributed by atoms with Crippen LogP contribution in [0, 0.1) is 13.8 Å². The van der Waals surface area contributed by atoms with Gasteiger partial charge in [-0.3, -0.25) is 0 Å². The smallest absolute Gasteiger partial charge is 0.194 e. The van der Waals surface area contributed by atoms with Gasteiger partial charge in [-0.2, -0.15) is 0 Å². The first kappa shape index (κ1) is 20.6. The maximum Gasteiger partial charge on any atom is 0.194 e. The SMILES string of the molecule is CCNC(=NCc1sc(C)nc1C)N1CCC(OCC2CCCCO2)CC1. The summed E-state index contributed by atoms with van der Waals surface area (Å²) < 4.78 is 11.9. The lowest BCUT2D eigenvalue weighted by atomic mass is 10.1. The minimum absolute atomic E-state index is 0.307. The van der Waals surface area contributed by atoms with Crippen molar-refractivity contribution in [1.29, 1.82) is 0 Å². The second-order valence-corrected chi connectivity index (χ2v) is 8.71. The lowest BCUT2D eigenvalue weighted by Crippen LogP contribution is -2.47. The standard InChI is InChI=1S/C20H34N4O2S/c1-4-21-20(22-13-19-15(2)23-16(3)27-19)24-10-8-17(9-11-24)26-14-18-7-5-6-12-25-18/h17-18H,4-14H2,1-3H3,(H,21,22). The summed E-state index contributed by atoms with van der Waals surface area (Å²) >= 11 is 1.75.